The number of phenols is 1. The van der Waals surface area contributed by atoms with Crippen molar-refractivity contribution in [3.05, 3.63) is 29.8 Å². The molecule has 2 rings (SSSR count). The molecule has 23 heavy (non-hydrogen) atoms. The van der Waals surface area contributed by atoms with Gasteiger partial charge in [-0.25, -0.2) is 4.79 Å². The molecule has 1 unspecified atom stereocenters. The molecule has 2 N–H and O–H groups in total. The number of carbonyl (C=O) groups is 1. The first kappa shape index (κ1) is 17.6. The minimum atomic E-state index is -0.505. The number of hydrogen-bond acceptors (Lipinski definition) is 5. The number of hydrogen-bond donors (Lipinski definition) is 2. The van der Waals surface area contributed by atoms with E-state index < -0.39 is 5.60 Å². The highest BCUT2D eigenvalue weighted by Gasteiger charge is 2.30. The van der Waals surface area contributed by atoms with Crippen LogP contribution in [0.2, 0.25) is 0 Å². The number of carbonyl (C=O) groups excluding carboxylic acids is 1. The van der Waals surface area contributed by atoms with Crippen molar-refractivity contribution in [1.29, 1.82) is 0 Å². The maximum Gasteiger partial charge on any atom is 0.410 e. The monoisotopic (exact) mass is 322 g/mol. The Kier molecular flexibility index (Phi) is 5.85. The van der Waals surface area contributed by atoms with Crippen LogP contribution in [0.3, 0.4) is 0 Å². The number of rotatable bonds is 4. The number of amides is 1. The Morgan fingerprint density at radius 1 is 1.48 bits per heavy atom. The van der Waals surface area contributed by atoms with Gasteiger partial charge in [0.2, 0.25) is 0 Å². The van der Waals surface area contributed by atoms with Gasteiger partial charge in [0.05, 0.1) is 19.3 Å². The molecule has 0 aliphatic carbocycles. The summed E-state index contributed by atoms with van der Waals surface area (Å²) in [5.74, 6) is 0.251. The van der Waals surface area contributed by atoms with Gasteiger partial charge < -0.3 is 19.9 Å². The van der Waals surface area contributed by atoms with Gasteiger partial charge in [0, 0.05) is 19.6 Å². The molecule has 0 radical (unpaired) electrons. The van der Waals surface area contributed by atoms with Crippen LogP contribution in [-0.2, 0) is 16.0 Å². The minimum Gasteiger partial charge on any atom is -0.508 e. The zero-order valence-electron chi connectivity index (χ0n) is 14.0. The number of nitrogens with zero attached hydrogens (tertiary/aromatic N) is 1. The van der Waals surface area contributed by atoms with E-state index in [4.69, 9.17) is 9.47 Å². The van der Waals surface area contributed by atoms with Crippen LogP contribution in [0.25, 0.3) is 0 Å². The molecule has 1 aliphatic heterocycles. The van der Waals surface area contributed by atoms with Crippen molar-refractivity contribution < 1.29 is 19.4 Å². The third-order valence-electron chi connectivity index (χ3n) is 3.48. The fraction of sp³-hybridized carbons (Fsp3) is 0.588. The molecule has 1 fully saturated rings. The molecular weight excluding hydrogens is 296 g/mol. The molecule has 1 amide bonds. The van der Waals surface area contributed by atoms with Crippen molar-refractivity contribution >= 4 is 6.09 Å². The summed E-state index contributed by atoms with van der Waals surface area (Å²) in [5.41, 5.74) is 0.486. The molecule has 1 aromatic rings. The molecular formula is C17H26N2O4. The average molecular weight is 322 g/mol. The quantitative estimate of drug-likeness (QED) is 0.888. The maximum atomic E-state index is 12.3. The van der Waals surface area contributed by atoms with Crippen LogP contribution in [0.4, 0.5) is 4.79 Å². The third-order valence-corrected chi connectivity index (χ3v) is 3.48. The number of nitrogens with one attached hydrogen (secondary N) is 1. The zero-order valence-corrected chi connectivity index (χ0v) is 14.0. The highest BCUT2D eigenvalue weighted by Crippen LogP contribution is 2.15. The van der Waals surface area contributed by atoms with Gasteiger partial charge in [0.1, 0.15) is 11.4 Å². The first-order valence-electron chi connectivity index (χ1n) is 7.91. The fourth-order valence-electron chi connectivity index (χ4n) is 2.43. The van der Waals surface area contributed by atoms with Gasteiger partial charge in [-0.05, 0) is 38.5 Å². The molecule has 0 saturated carbocycles. The third kappa shape index (κ3) is 5.73. The second-order valence-corrected chi connectivity index (χ2v) is 6.70. The Labute approximate surface area is 137 Å². The number of phenolic OH excluding ortho intramolecular Hbond substituents is 1. The summed E-state index contributed by atoms with van der Waals surface area (Å²) in [6.45, 7) is 8.37. The van der Waals surface area contributed by atoms with Crippen molar-refractivity contribution in [3.63, 3.8) is 0 Å². The first-order valence-corrected chi connectivity index (χ1v) is 7.91. The predicted molar refractivity (Wildman–Crippen MR) is 87.4 cm³/mol. The maximum absolute atomic E-state index is 12.3. The van der Waals surface area contributed by atoms with Gasteiger partial charge in [0.25, 0.3) is 0 Å². The predicted octanol–water partition coefficient (Wildman–Crippen LogP) is 2.12. The van der Waals surface area contributed by atoms with E-state index in [1.54, 1.807) is 17.0 Å². The van der Waals surface area contributed by atoms with Gasteiger partial charge >= 0.3 is 6.09 Å². The van der Waals surface area contributed by atoms with Gasteiger partial charge in [-0.15, -0.1) is 0 Å². The fourth-order valence-corrected chi connectivity index (χ4v) is 2.43. The molecule has 0 aromatic heterocycles. The summed E-state index contributed by atoms with van der Waals surface area (Å²) >= 11 is 0. The normalized spacial score (nSPS) is 18.7. The highest BCUT2D eigenvalue weighted by atomic mass is 16.6. The van der Waals surface area contributed by atoms with Crippen LogP contribution in [0.5, 0.6) is 5.75 Å². The highest BCUT2D eigenvalue weighted by molar-refractivity contribution is 5.68. The topological polar surface area (TPSA) is 71.0 Å². The molecule has 128 valence electrons. The van der Waals surface area contributed by atoms with E-state index >= 15 is 0 Å². The van der Waals surface area contributed by atoms with E-state index in [1.807, 2.05) is 32.9 Å². The molecule has 1 atom stereocenters. The van der Waals surface area contributed by atoms with Crippen LogP contribution in [0.1, 0.15) is 26.3 Å². The molecule has 1 heterocycles. The largest absolute Gasteiger partial charge is 0.508 e. The summed E-state index contributed by atoms with van der Waals surface area (Å²) in [7, 11) is 0. The average Bonchev–Trinajstić information content (AvgIpc) is 2.46. The molecule has 1 aliphatic rings. The SMILES string of the molecule is CC(C)(C)OC(=O)N1CCOCC1CNCc1cccc(O)c1. The summed E-state index contributed by atoms with van der Waals surface area (Å²) in [4.78, 5) is 14.0. The van der Waals surface area contributed by atoms with Crippen molar-refractivity contribution in [2.24, 2.45) is 0 Å². The van der Waals surface area contributed by atoms with Crippen molar-refractivity contribution in [1.82, 2.24) is 10.2 Å². The number of ether oxygens (including phenoxy) is 2. The van der Waals surface area contributed by atoms with Gasteiger partial charge in [0.15, 0.2) is 0 Å². The second kappa shape index (κ2) is 7.66. The lowest BCUT2D eigenvalue weighted by Gasteiger charge is -2.36. The van der Waals surface area contributed by atoms with Crippen LogP contribution in [0, 0.1) is 0 Å². The van der Waals surface area contributed by atoms with E-state index in [1.165, 1.54) is 0 Å². The first-order chi connectivity index (χ1) is 10.8. The van der Waals surface area contributed by atoms with Gasteiger partial charge in [-0.1, -0.05) is 12.1 Å². The lowest BCUT2D eigenvalue weighted by Crippen LogP contribution is -2.54. The molecule has 1 aromatic carbocycles. The summed E-state index contributed by atoms with van der Waals surface area (Å²) in [6.07, 6.45) is -0.301. The van der Waals surface area contributed by atoms with E-state index in [0.29, 0.717) is 32.8 Å². The van der Waals surface area contributed by atoms with Gasteiger partial charge in [-0.3, -0.25) is 4.90 Å². The van der Waals surface area contributed by atoms with E-state index in [9.17, 15) is 9.90 Å². The van der Waals surface area contributed by atoms with Crippen LogP contribution < -0.4 is 5.32 Å². The smallest absolute Gasteiger partial charge is 0.410 e. The van der Waals surface area contributed by atoms with Crippen molar-refractivity contribution in [3.8, 4) is 5.75 Å². The van der Waals surface area contributed by atoms with Crippen LogP contribution in [0.15, 0.2) is 24.3 Å². The second-order valence-electron chi connectivity index (χ2n) is 6.70. The van der Waals surface area contributed by atoms with E-state index in [2.05, 4.69) is 5.32 Å². The summed E-state index contributed by atoms with van der Waals surface area (Å²) in [5, 5.41) is 12.8. The summed E-state index contributed by atoms with van der Waals surface area (Å²) in [6, 6.07) is 7.05. The number of morpholine rings is 1. The Hall–Kier alpha value is -1.79. The number of benzene rings is 1. The van der Waals surface area contributed by atoms with Crippen LogP contribution >= 0.6 is 0 Å². The zero-order chi connectivity index (χ0) is 16.9. The number of aromatic hydroxyl groups is 1. The van der Waals surface area contributed by atoms with Gasteiger partial charge in [-0.2, -0.15) is 0 Å². The minimum absolute atomic E-state index is 0.0593. The van der Waals surface area contributed by atoms with Crippen molar-refractivity contribution in [2.45, 2.75) is 39.0 Å². The Morgan fingerprint density at radius 3 is 2.96 bits per heavy atom. The van der Waals surface area contributed by atoms with Crippen molar-refractivity contribution in [2.75, 3.05) is 26.3 Å². The lowest BCUT2D eigenvalue weighted by molar-refractivity contribution is -0.0317. The van der Waals surface area contributed by atoms with E-state index in [-0.39, 0.29) is 17.9 Å². The molecule has 0 bridgehead atoms. The molecule has 6 heteroatoms. The molecule has 6 nitrogen and oxygen atoms in total. The van der Waals surface area contributed by atoms with Crippen LogP contribution in [-0.4, -0.2) is 54.0 Å². The molecule has 1 saturated heterocycles. The molecule has 0 spiro atoms. The Balaban J connectivity index is 1.87. The Morgan fingerprint density at radius 2 is 2.26 bits per heavy atom. The Bertz CT molecular complexity index is 528. The lowest BCUT2D eigenvalue weighted by atomic mass is 10.2. The standard InChI is InChI=1S/C17H26N2O4/c1-17(2,3)23-16(21)19-7-8-22-12-14(19)11-18-10-13-5-4-6-15(20)9-13/h4-6,9,14,18,20H,7-8,10-12H2,1-3H3. The van der Waals surface area contributed by atoms with E-state index in [0.717, 1.165) is 5.56 Å². The summed E-state index contributed by atoms with van der Waals surface area (Å²) < 4.78 is 10.9.